The molecule has 0 radical (unpaired) electrons. The molecule has 2 rings (SSSR count). The molecule has 0 saturated heterocycles. The summed E-state index contributed by atoms with van der Waals surface area (Å²) in [5.74, 6) is 1.85. The largest absolute Gasteiger partial charge is 0.494 e. The van der Waals surface area contributed by atoms with Crippen LogP contribution in [0.1, 0.15) is 57.9 Å². The van der Waals surface area contributed by atoms with Gasteiger partial charge in [0.2, 0.25) is 0 Å². The third-order valence-corrected chi connectivity index (χ3v) is 4.38. The maximum atomic E-state index is 5.61. The lowest BCUT2D eigenvalue weighted by Gasteiger charge is -2.28. The summed E-state index contributed by atoms with van der Waals surface area (Å²) in [7, 11) is 0. The molecule has 2 nitrogen and oxygen atoms in total. The van der Waals surface area contributed by atoms with E-state index in [1.165, 1.54) is 37.7 Å². The molecule has 0 bridgehead atoms. The molecule has 1 aliphatic rings. The Morgan fingerprint density at radius 3 is 2.50 bits per heavy atom. The van der Waals surface area contributed by atoms with E-state index in [1.807, 2.05) is 0 Å². The normalized spacial score (nSPS) is 17.9. The van der Waals surface area contributed by atoms with Crippen molar-refractivity contribution in [2.45, 2.75) is 65.0 Å². The van der Waals surface area contributed by atoms with Crippen molar-refractivity contribution in [1.82, 2.24) is 5.32 Å². The van der Waals surface area contributed by atoms with Crippen LogP contribution in [0.3, 0.4) is 0 Å². The molecule has 0 amide bonds. The van der Waals surface area contributed by atoms with Gasteiger partial charge in [0.25, 0.3) is 0 Å². The maximum Gasteiger partial charge on any atom is 0.119 e. The molecule has 0 heterocycles. The molecule has 1 aromatic carbocycles. The summed E-state index contributed by atoms with van der Waals surface area (Å²) in [6, 6.07) is 9.14. The Hall–Kier alpha value is -1.02. The van der Waals surface area contributed by atoms with Crippen molar-refractivity contribution < 1.29 is 4.74 Å². The Bertz CT molecular complexity index is 368. The Labute approximate surface area is 123 Å². The topological polar surface area (TPSA) is 21.3 Å². The molecule has 0 aromatic heterocycles. The number of nitrogens with one attached hydrogen (secondary N) is 1. The van der Waals surface area contributed by atoms with E-state index >= 15 is 0 Å². The van der Waals surface area contributed by atoms with Crippen LogP contribution in [0.2, 0.25) is 0 Å². The summed E-state index contributed by atoms with van der Waals surface area (Å²) in [5.41, 5.74) is 1.34. The fourth-order valence-corrected chi connectivity index (χ4v) is 3.00. The molecular formula is C18H29NO. The van der Waals surface area contributed by atoms with Gasteiger partial charge in [-0.2, -0.15) is 0 Å². The van der Waals surface area contributed by atoms with Gasteiger partial charge in [0.15, 0.2) is 0 Å². The minimum atomic E-state index is 0.631. The predicted molar refractivity (Wildman–Crippen MR) is 85.1 cm³/mol. The van der Waals surface area contributed by atoms with E-state index in [2.05, 4.69) is 43.4 Å². The molecule has 0 aliphatic heterocycles. The zero-order chi connectivity index (χ0) is 14.2. The van der Waals surface area contributed by atoms with Gasteiger partial charge in [-0.15, -0.1) is 0 Å². The van der Waals surface area contributed by atoms with Crippen molar-refractivity contribution in [2.24, 2.45) is 5.92 Å². The highest BCUT2D eigenvalue weighted by Crippen LogP contribution is 2.26. The molecule has 1 N–H and O–H groups in total. The average molecular weight is 275 g/mol. The molecular weight excluding hydrogens is 246 g/mol. The van der Waals surface area contributed by atoms with Crippen LogP contribution in [0, 0.1) is 5.92 Å². The van der Waals surface area contributed by atoms with E-state index in [0.29, 0.717) is 6.04 Å². The van der Waals surface area contributed by atoms with Crippen LogP contribution in [0.15, 0.2) is 24.3 Å². The van der Waals surface area contributed by atoms with Gasteiger partial charge in [0.05, 0.1) is 6.61 Å². The number of ether oxygens (including phenoxy) is 1. The number of rotatable bonds is 7. The lowest BCUT2D eigenvalue weighted by molar-refractivity contribution is 0.280. The van der Waals surface area contributed by atoms with Gasteiger partial charge in [-0.1, -0.05) is 38.3 Å². The zero-order valence-electron chi connectivity index (χ0n) is 13.0. The van der Waals surface area contributed by atoms with Gasteiger partial charge in [-0.3, -0.25) is 0 Å². The predicted octanol–water partition coefficient (Wildman–Crippen LogP) is 4.53. The number of hydrogen-bond acceptors (Lipinski definition) is 2. The summed E-state index contributed by atoms with van der Waals surface area (Å²) in [6.07, 6.45) is 8.13. The van der Waals surface area contributed by atoms with Crippen LogP contribution in [0.5, 0.6) is 5.75 Å². The first-order valence-electron chi connectivity index (χ1n) is 8.24. The molecule has 1 aliphatic carbocycles. The number of benzene rings is 1. The van der Waals surface area contributed by atoms with Crippen LogP contribution < -0.4 is 10.1 Å². The first-order valence-corrected chi connectivity index (χ1v) is 8.24. The van der Waals surface area contributed by atoms with Crippen molar-refractivity contribution in [3.05, 3.63) is 29.8 Å². The van der Waals surface area contributed by atoms with Gasteiger partial charge in [-0.25, -0.2) is 0 Å². The lowest BCUT2D eigenvalue weighted by Crippen LogP contribution is -2.34. The third-order valence-electron chi connectivity index (χ3n) is 4.38. The molecule has 1 saturated carbocycles. The van der Waals surface area contributed by atoms with Crippen LogP contribution >= 0.6 is 0 Å². The molecule has 0 unspecified atom stereocenters. The van der Waals surface area contributed by atoms with E-state index in [4.69, 9.17) is 4.74 Å². The zero-order valence-corrected chi connectivity index (χ0v) is 13.0. The quantitative estimate of drug-likeness (QED) is 0.789. The average Bonchev–Trinajstić information content (AvgIpc) is 2.52. The van der Waals surface area contributed by atoms with Crippen LogP contribution in [0.4, 0.5) is 0 Å². The highest BCUT2D eigenvalue weighted by atomic mass is 16.5. The minimum Gasteiger partial charge on any atom is -0.494 e. The monoisotopic (exact) mass is 275 g/mol. The Kier molecular flexibility index (Phi) is 6.38. The Morgan fingerprint density at radius 1 is 1.15 bits per heavy atom. The third kappa shape index (κ3) is 4.82. The minimum absolute atomic E-state index is 0.631. The van der Waals surface area contributed by atoms with Gasteiger partial charge in [0, 0.05) is 12.6 Å². The van der Waals surface area contributed by atoms with Gasteiger partial charge < -0.3 is 10.1 Å². The standard InChI is InChI=1S/C18H29NO/c1-3-13-20-18-11-9-16(10-12-18)14-19-15(2)17-7-5-4-6-8-17/h9-12,15,17,19H,3-8,13-14H2,1-2H3/t15-/m1/s1. The summed E-state index contributed by atoms with van der Waals surface area (Å²) >= 11 is 0. The van der Waals surface area contributed by atoms with Crippen molar-refractivity contribution in [1.29, 1.82) is 0 Å². The second-order valence-electron chi connectivity index (χ2n) is 6.06. The molecule has 1 atom stereocenters. The second-order valence-corrected chi connectivity index (χ2v) is 6.06. The van der Waals surface area contributed by atoms with E-state index in [0.717, 1.165) is 31.2 Å². The second kappa shape index (κ2) is 8.31. The molecule has 20 heavy (non-hydrogen) atoms. The van der Waals surface area contributed by atoms with Crippen molar-refractivity contribution in [2.75, 3.05) is 6.61 Å². The Morgan fingerprint density at radius 2 is 1.85 bits per heavy atom. The van der Waals surface area contributed by atoms with E-state index in [1.54, 1.807) is 0 Å². The van der Waals surface area contributed by atoms with E-state index in [-0.39, 0.29) is 0 Å². The molecule has 2 heteroatoms. The number of hydrogen-bond donors (Lipinski definition) is 1. The molecule has 112 valence electrons. The fraction of sp³-hybridized carbons (Fsp3) is 0.667. The van der Waals surface area contributed by atoms with Crippen LogP contribution in [0.25, 0.3) is 0 Å². The van der Waals surface area contributed by atoms with E-state index in [9.17, 15) is 0 Å². The van der Waals surface area contributed by atoms with Crippen LogP contribution in [-0.2, 0) is 6.54 Å². The summed E-state index contributed by atoms with van der Waals surface area (Å²) in [6.45, 7) is 6.24. The van der Waals surface area contributed by atoms with Crippen molar-refractivity contribution in [3.8, 4) is 5.75 Å². The molecule has 0 spiro atoms. The lowest BCUT2D eigenvalue weighted by atomic mass is 9.84. The van der Waals surface area contributed by atoms with Gasteiger partial charge in [0.1, 0.15) is 5.75 Å². The summed E-state index contributed by atoms with van der Waals surface area (Å²) < 4.78 is 5.61. The smallest absolute Gasteiger partial charge is 0.119 e. The maximum absolute atomic E-state index is 5.61. The summed E-state index contributed by atoms with van der Waals surface area (Å²) in [5, 5.41) is 3.69. The first-order chi connectivity index (χ1) is 9.79. The molecule has 1 aromatic rings. The SMILES string of the molecule is CCCOc1ccc(CN[C@H](C)C2CCCCC2)cc1. The fourth-order valence-electron chi connectivity index (χ4n) is 3.00. The van der Waals surface area contributed by atoms with E-state index < -0.39 is 0 Å². The van der Waals surface area contributed by atoms with Crippen molar-refractivity contribution >= 4 is 0 Å². The highest BCUT2D eigenvalue weighted by molar-refractivity contribution is 5.27. The highest BCUT2D eigenvalue weighted by Gasteiger charge is 2.19. The molecule has 1 fully saturated rings. The van der Waals surface area contributed by atoms with Crippen LogP contribution in [-0.4, -0.2) is 12.6 Å². The van der Waals surface area contributed by atoms with Gasteiger partial charge in [-0.05, 0) is 49.8 Å². The van der Waals surface area contributed by atoms with Crippen molar-refractivity contribution in [3.63, 3.8) is 0 Å². The summed E-state index contributed by atoms with van der Waals surface area (Å²) in [4.78, 5) is 0. The first kappa shape index (κ1) is 15.4. The Balaban J connectivity index is 1.75. The van der Waals surface area contributed by atoms with Gasteiger partial charge >= 0.3 is 0 Å².